The van der Waals surface area contributed by atoms with E-state index in [0.717, 1.165) is 18.2 Å². The van der Waals surface area contributed by atoms with E-state index < -0.39 is 5.82 Å². The Morgan fingerprint density at radius 1 is 1.29 bits per heavy atom. The van der Waals surface area contributed by atoms with E-state index in [0.29, 0.717) is 17.6 Å². The standard InChI is InChI=1S/C14H13BrFN3OS/c15-10-1-2-11(12(16)9-10)13(20)18-4-6-19(7-5-18)14-17-3-8-21-14/h1-3,8-9H,4-7H2. The van der Waals surface area contributed by atoms with Crippen molar-refractivity contribution in [3.8, 4) is 0 Å². The monoisotopic (exact) mass is 369 g/mol. The van der Waals surface area contributed by atoms with Gasteiger partial charge in [0.05, 0.1) is 5.56 Å². The Bertz CT molecular complexity index is 642. The number of rotatable bonds is 2. The van der Waals surface area contributed by atoms with E-state index in [2.05, 4.69) is 25.8 Å². The van der Waals surface area contributed by atoms with Crippen LogP contribution in [0.4, 0.5) is 9.52 Å². The van der Waals surface area contributed by atoms with Crippen LogP contribution in [0.3, 0.4) is 0 Å². The molecule has 1 aliphatic rings. The number of halogens is 2. The quantitative estimate of drug-likeness (QED) is 0.816. The van der Waals surface area contributed by atoms with Crippen molar-refractivity contribution in [2.24, 2.45) is 0 Å². The second kappa shape index (κ2) is 6.11. The Morgan fingerprint density at radius 3 is 2.67 bits per heavy atom. The number of carbonyl (C=O) groups is 1. The molecule has 0 radical (unpaired) electrons. The predicted octanol–water partition coefficient (Wildman–Crippen LogP) is 3.01. The first-order chi connectivity index (χ1) is 10.1. The molecule has 0 aliphatic carbocycles. The molecule has 3 rings (SSSR count). The third kappa shape index (κ3) is 3.08. The first kappa shape index (κ1) is 14.5. The van der Waals surface area contributed by atoms with Gasteiger partial charge in [-0.2, -0.15) is 0 Å². The molecule has 1 aromatic carbocycles. The summed E-state index contributed by atoms with van der Waals surface area (Å²) in [6, 6.07) is 4.52. The maximum absolute atomic E-state index is 13.9. The van der Waals surface area contributed by atoms with Crippen molar-refractivity contribution < 1.29 is 9.18 Å². The number of amides is 1. The van der Waals surface area contributed by atoms with Crippen LogP contribution in [0.2, 0.25) is 0 Å². The summed E-state index contributed by atoms with van der Waals surface area (Å²) in [4.78, 5) is 20.5. The average Bonchev–Trinajstić information content (AvgIpc) is 3.01. The molecule has 0 spiro atoms. The lowest BCUT2D eigenvalue weighted by atomic mass is 10.1. The predicted molar refractivity (Wildman–Crippen MR) is 84.3 cm³/mol. The van der Waals surface area contributed by atoms with Gasteiger partial charge in [-0.25, -0.2) is 9.37 Å². The summed E-state index contributed by atoms with van der Waals surface area (Å²) in [6.45, 7) is 2.59. The second-order valence-corrected chi connectivity index (χ2v) is 6.51. The van der Waals surface area contributed by atoms with Crippen LogP contribution in [0, 0.1) is 5.82 Å². The smallest absolute Gasteiger partial charge is 0.256 e. The molecule has 1 saturated heterocycles. The number of thiazole rings is 1. The largest absolute Gasteiger partial charge is 0.345 e. The van der Waals surface area contributed by atoms with Crippen molar-refractivity contribution in [3.05, 3.63) is 45.6 Å². The van der Waals surface area contributed by atoms with Crippen LogP contribution in [0.15, 0.2) is 34.2 Å². The van der Waals surface area contributed by atoms with Gasteiger partial charge < -0.3 is 9.80 Å². The Hall–Kier alpha value is -1.47. The van der Waals surface area contributed by atoms with Crippen molar-refractivity contribution in [1.29, 1.82) is 0 Å². The lowest BCUT2D eigenvalue weighted by Crippen LogP contribution is -2.49. The number of piperazine rings is 1. The second-order valence-electron chi connectivity index (χ2n) is 4.72. The van der Waals surface area contributed by atoms with Gasteiger partial charge in [-0.3, -0.25) is 4.79 Å². The van der Waals surface area contributed by atoms with Crippen LogP contribution >= 0.6 is 27.3 Å². The van der Waals surface area contributed by atoms with E-state index in [1.807, 2.05) is 5.38 Å². The van der Waals surface area contributed by atoms with Crippen molar-refractivity contribution >= 4 is 38.3 Å². The molecule has 1 aliphatic heterocycles. The van der Waals surface area contributed by atoms with Gasteiger partial charge in [-0.1, -0.05) is 15.9 Å². The zero-order valence-electron chi connectivity index (χ0n) is 11.1. The lowest BCUT2D eigenvalue weighted by molar-refractivity contribution is 0.0742. The van der Waals surface area contributed by atoms with E-state index in [1.54, 1.807) is 28.5 Å². The molecule has 0 saturated carbocycles. The first-order valence-corrected chi connectivity index (χ1v) is 8.21. The number of carbonyl (C=O) groups excluding carboxylic acids is 1. The molecule has 1 fully saturated rings. The van der Waals surface area contributed by atoms with Gasteiger partial charge in [0.1, 0.15) is 5.82 Å². The zero-order valence-corrected chi connectivity index (χ0v) is 13.5. The normalized spacial score (nSPS) is 15.3. The van der Waals surface area contributed by atoms with Crippen LogP contribution in [0.5, 0.6) is 0 Å². The van der Waals surface area contributed by atoms with Crippen molar-refractivity contribution in [2.45, 2.75) is 0 Å². The third-order valence-corrected chi connectivity index (χ3v) is 4.74. The maximum atomic E-state index is 13.9. The van der Waals surface area contributed by atoms with Gasteiger partial charge in [-0.15, -0.1) is 11.3 Å². The van der Waals surface area contributed by atoms with E-state index >= 15 is 0 Å². The zero-order chi connectivity index (χ0) is 14.8. The Balaban J connectivity index is 1.67. The van der Waals surface area contributed by atoms with Gasteiger partial charge in [0.2, 0.25) is 0 Å². The van der Waals surface area contributed by atoms with Crippen LogP contribution in [-0.4, -0.2) is 42.0 Å². The number of hydrogen-bond donors (Lipinski definition) is 0. The molecule has 2 heterocycles. The summed E-state index contributed by atoms with van der Waals surface area (Å²) < 4.78 is 14.5. The molecule has 0 bridgehead atoms. The van der Waals surface area contributed by atoms with Gasteiger partial charge in [0, 0.05) is 42.2 Å². The number of aromatic nitrogens is 1. The van der Waals surface area contributed by atoms with Crippen LogP contribution < -0.4 is 4.90 Å². The highest BCUT2D eigenvalue weighted by molar-refractivity contribution is 9.10. The SMILES string of the molecule is O=C(c1ccc(Br)cc1F)N1CCN(c2nccs2)CC1. The molecule has 0 N–H and O–H groups in total. The summed E-state index contributed by atoms with van der Waals surface area (Å²) >= 11 is 4.78. The number of hydrogen-bond acceptors (Lipinski definition) is 4. The van der Waals surface area contributed by atoms with Crippen molar-refractivity contribution in [2.75, 3.05) is 31.1 Å². The van der Waals surface area contributed by atoms with Crippen LogP contribution in [0.1, 0.15) is 10.4 Å². The molecule has 1 amide bonds. The topological polar surface area (TPSA) is 36.4 Å². The maximum Gasteiger partial charge on any atom is 0.256 e. The highest BCUT2D eigenvalue weighted by Crippen LogP contribution is 2.21. The van der Waals surface area contributed by atoms with Crippen LogP contribution in [0.25, 0.3) is 0 Å². The highest BCUT2D eigenvalue weighted by Gasteiger charge is 2.24. The van der Waals surface area contributed by atoms with Crippen molar-refractivity contribution in [3.63, 3.8) is 0 Å². The Labute approximate surface area is 134 Å². The molecule has 21 heavy (non-hydrogen) atoms. The van der Waals surface area contributed by atoms with E-state index in [1.165, 1.54) is 12.1 Å². The Kier molecular flexibility index (Phi) is 4.21. The van der Waals surface area contributed by atoms with E-state index in [-0.39, 0.29) is 11.5 Å². The number of benzene rings is 1. The summed E-state index contributed by atoms with van der Waals surface area (Å²) in [7, 11) is 0. The van der Waals surface area contributed by atoms with Gasteiger partial charge in [0.15, 0.2) is 5.13 Å². The minimum atomic E-state index is -0.489. The Morgan fingerprint density at radius 2 is 2.05 bits per heavy atom. The van der Waals surface area contributed by atoms with E-state index in [4.69, 9.17) is 0 Å². The highest BCUT2D eigenvalue weighted by atomic mass is 79.9. The van der Waals surface area contributed by atoms with Gasteiger partial charge in [0.25, 0.3) is 5.91 Å². The number of nitrogens with zero attached hydrogens (tertiary/aromatic N) is 3. The summed E-state index contributed by atoms with van der Waals surface area (Å²) in [5.74, 6) is -0.740. The molecule has 0 atom stereocenters. The molecule has 110 valence electrons. The summed E-state index contributed by atoms with van der Waals surface area (Å²) in [6.07, 6.45) is 1.77. The first-order valence-electron chi connectivity index (χ1n) is 6.54. The fraction of sp³-hybridized carbons (Fsp3) is 0.286. The fourth-order valence-corrected chi connectivity index (χ4v) is 3.34. The van der Waals surface area contributed by atoms with Crippen LogP contribution in [-0.2, 0) is 0 Å². The van der Waals surface area contributed by atoms with Gasteiger partial charge >= 0.3 is 0 Å². The molecule has 4 nitrogen and oxygen atoms in total. The lowest BCUT2D eigenvalue weighted by Gasteiger charge is -2.34. The fourth-order valence-electron chi connectivity index (χ4n) is 2.31. The molecule has 7 heteroatoms. The van der Waals surface area contributed by atoms with E-state index in [9.17, 15) is 9.18 Å². The molecular weight excluding hydrogens is 357 g/mol. The molecule has 2 aromatic rings. The van der Waals surface area contributed by atoms with Gasteiger partial charge in [-0.05, 0) is 18.2 Å². The molecule has 0 unspecified atom stereocenters. The van der Waals surface area contributed by atoms with Crippen molar-refractivity contribution in [1.82, 2.24) is 9.88 Å². The molecule has 1 aromatic heterocycles. The average molecular weight is 370 g/mol. The molecular formula is C14H13BrFN3OS. The third-order valence-electron chi connectivity index (χ3n) is 3.42. The minimum absolute atomic E-state index is 0.126. The summed E-state index contributed by atoms with van der Waals surface area (Å²) in [5.41, 5.74) is 0.126. The number of anilines is 1. The minimum Gasteiger partial charge on any atom is -0.345 e. The summed E-state index contributed by atoms with van der Waals surface area (Å²) in [5, 5.41) is 2.90.